The number of hydrogen-bond donors (Lipinski definition) is 1. The first kappa shape index (κ1) is 19.8. The van der Waals surface area contributed by atoms with Crippen LogP contribution in [0.1, 0.15) is 29.0 Å². The number of para-hydroxylation sites is 2. The number of carbonyl (C=O) groups is 1. The zero-order valence-corrected chi connectivity index (χ0v) is 17.3. The third kappa shape index (κ3) is 4.19. The molecule has 0 radical (unpaired) electrons. The third-order valence-corrected chi connectivity index (χ3v) is 6.19. The topological polar surface area (TPSA) is 41.6 Å². The van der Waals surface area contributed by atoms with Crippen LogP contribution >= 0.6 is 0 Å². The van der Waals surface area contributed by atoms with E-state index in [0.29, 0.717) is 0 Å². The van der Waals surface area contributed by atoms with Gasteiger partial charge in [0.2, 0.25) is 5.91 Å². The summed E-state index contributed by atoms with van der Waals surface area (Å²) >= 11 is 0. The van der Waals surface area contributed by atoms with Crippen molar-refractivity contribution in [2.24, 2.45) is 0 Å². The predicted octanol–water partition coefficient (Wildman–Crippen LogP) is 4.50. The molecule has 2 aliphatic heterocycles. The average Bonchev–Trinajstić information content (AvgIpc) is 3.24. The van der Waals surface area contributed by atoms with Gasteiger partial charge in [0.25, 0.3) is 0 Å². The molecule has 1 amide bonds. The summed E-state index contributed by atoms with van der Waals surface area (Å²) in [7, 11) is 0. The number of carbonyl (C=O) groups excluding carboxylic acids is 1. The summed E-state index contributed by atoms with van der Waals surface area (Å²) in [6, 6.07) is 22.3. The van der Waals surface area contributed by atoms with E-state index in [-0.39, 0.29) is 23.7 Å². The van der Waals surface area contributed by atoms with Gasteiger partial charge in [-0.15, -0.1) is 0 Å². The van der Waals surface area contributed by atoms with Crippen molar-refractivity contribution in [2.75, 3.05) is 19.6 Å². The zero-order valence-electron chi connectivity index (χ0n) is 17.3. The first-order chi connectivity index (χ1) is 15.2. The second-order valence-electron chi connectivity index (χ2n) is 8.28. The summed E-state index contributed by atoms with van der Waals surface area (Å²) in [6.45, 7) is 2.69. The van der Waals surface area contributed by atoms with Crippen LogP contribution in [0.15, 0.2) is 72.8 Å². The minimum atomic E-state index is -0.366. The van der Waals surface area contributed by atoms with E-state index >= 15 is 0 Å². The van der Waals surface area contributed by atoms with Crippen LogP contribution in [0.4, 0.5) is 4.39 Å². The van der Waals surface area contributed by atoms with Crippen LogP contribution in [0, 0.1) is 5.82 Å². The molecule has 31 heavy (non-hydrogen) atoms. The lowest BCUT2D eigenvalue weighted by molar-refractivity contribution is -0.122. The molecule has 0 aromatic heterocycles. The largest absolute Gasteiger partial charge is 0.457 e. The summed E-state index contributed by atoms with van der Waals surface area (Å²) in [5.74, 6) is 0.939. The van der Waals surface area contributed by atoms with Crippen LogP contribution in [-0.2, 0) is 11.2 Å². The molecule has 0 spiro atoms. The minimum Gasteiger partial charge on any atom is -0.457 e. The first-order valence-electron chi connectivity index (χ1n) is 10.8. The van der Waals surface area contributed by atoms with Crippen molar-refractivity contribution in [1.82, 2.24) is 10.2 Å². The molecule has 4 nitrogen and oxygen atoms in total. The summed E-state index contributed by atoms with van der Waals surface area (Å²) in [4.78, 5) is 15.7. The van der Waals surface area contributed by atoms with E-state index in [0.717, 1.165) is 60.7 Å². The van der Waals surface area contributed by atoms with E-state index < -0.39 is 0 Å². The lowest BCUT2D eigenvalue weighted by atomic mass is 9.87. The molecule has 2 aliphatic rings. The van der Waals surface area contributed by atoms with Crippen LogP contribution < -0.4 is 10.1 Å². The molecular weight excluding hydrogens is 391 g/mol. The molecule has 3 aromatic rings. The highest BCUT2D eigenvalue weighted by Crippen LogP contribution is 2.44. The number of nitrogens with zero attached hydrogens (tertiary/aromatic N) is 1. The molecule has 1 fully saturated rings. The minimum absolute atomic E-state index is 0.0218. The van der Waals surface area contributed by atoms with Crippen molar-refractivity contribution in [3.05, 3.63) is 95.3 Å². The molecule has 1 N–H and O–H groups in total. The van der Waals surface area contributed by atoms with Gasteiger partial charge >= 0.3 is 0 Å². The van der Waals surface area contributed by atoms with Gasteiger partial charge in [0.1, 0.15) is 17.3 Å². The maximum atomic E-state index is 13.4. The van der Waals surface area contributed by atoms with Crippen molar-refractivity contribution in [3.8, 4) is 11.5 Å². The van der Waals surface area contributed by atoms with Crippen LogP contribution in [0.5, 0.6) is 11.5 Å². The average molecular weight is 416 g/mol. The van der Waals surface area contributed by atoms with Crippen LogP contribution in [0.2, 0.25) is 0 Å². The summed E-state index contributed by atoms with van der Waals surface area (Å²) in [6.07, 6.45) is 1.81. The van der Waals surface area contributed by atoms with Crippen LogP contribution in [-0.4, -0.2) is 36.5 Å². The van der Waals surface area contributed by atoms with Crippen LogP contribution in [0.25, 0.3) is 0 Å². The lowest BCUT2D eigenvalue weighted by Crippen LogP contribution is -2.40. The van der Waals surface area contributed by atoms with E-state index in [2.05, 4.69) is 10.2 Å². The van der Waals surface area contributed by atoms with Crippen molar-refractivity contribution in [3.63, 3.8) is 0 Å². The highest BCUT2D eigenvalue weighted by molar-refractivity contribution is 5.89. The lowest BCUT2D eigenvalue weighted by Gasteiger charge is -2.28. The summed E-state index contributed by atoms with van der Waals surface area (Å²) in [5.41, 5.74) is 2.94. The maximum absolute atomic E-state index is 13.4. The predicted molar refractivity (Wildman–Crippen MR) is 118 cm³/mol. The fourth-order valence-electron chi connectivity index (χ4n) is 4.57. The molecule has 0 saturated carbocycles. The van der Waals surface area contributed by atoms with Crippen molar-refractivity contribution >= 4 is 5.91 Å². The van der Waals surface area contributed by atoms with Gasteiger partial charge in [0, 0.05) is 36.8 Å². The van der Waals surface area contributed by atoms with E-state index in [9.17, 15) is 9.18 Å². The SMILES string of the molecule is O=C(NC1CCN(CCc2ccc(F)cc2)C1)C1c2ccccc2Oc2ccccc21. The van der Waals surface area contributed by atoms with Gasteiger partial charge in [-0.1, -0.05) is 48.5 Å². The molecule has 0 aliphatic carbocycles. The molecule has 0 bridgehead atoms. The van der Waals surface area contributed by atoms with Gasteiger partial charge in [-0.05, 0) is 42.7 Å². The highest BCUT2D eigenvalue weighted by Gasteiger charge is 2.34. The van der Waals surface area contributed by atoms with Gasteiger partial charge in [-0.25, -0.2) is 4.39 Å². The molecule has 5 rings (SSSR count). The van der Waals surface area contributed by atoms with Gasteiger partial charge in [0.05, 0.1) is 5.92 Å². The normalized spacial score (nSPS) is 18.2. The Kier molecular flexibility index (Phi) is 5.43. The number of amides is 1. The van der Waals surface area contributed by atoms with Gasteiger partial charge in [0.15, 0.2) is 0 Å². The molecule has 1 atom stereocenters. The second-order valence-corrected chi connectivity index (χ2v) is 8.28. The summed E-state index contributed by atoms with van der Waals surface area (Å²) in [5, 5.41) is 3.28. The Balaban J connectivity index is 1.24. The maximum Gasteiger partial charge on any atom is 0.232 e. The molecule has 1 saturated heterocycles. The Morgan fingerprint density at radius 1 is 0.968 bits per heavy atom. The van der Waals surface area contributed by atoms with E-state index in [1.54, 1.807) is 0 Å². The van der Waals surface area contributed by atoms with Crippen molar-refractivity contribution in [2.45, 2.75) is 24.8 Å². The number of hydrogen-bond acceptors (Lipinski definition) is 3. The Bertz CT molecular complexity index is 1040. The fourth-order valence-corrected chi connectivity index (χ4v) is 4.57. The quantitative estimate of drug-likeness (QED) is 0.666. The number of halogens is 1. The van der Waals surface area contributed by atoms with E-state index in [1.807, 2.05) is 60.7 Å². The van der Waals surface area contributed by atoms with Gasteiger partial charge < -0.3 is 15.0 Å². The molecule has 1 unspecified atom stereocenters. The Labute approximate surface area is 181 Å². The number of fused-ring (bicyclic) bond motifs is 2. The number of nitrogens with one attached hydrogen (secondary N) is 1. The fraction of sp³-hybridized carbons (Fsp3) is 0.269. The molecular formula is C26H25FN2O2. The van der Waals surface area contributed by atoms with Crippen molar-refractivity contribution < 1.29 is 13.9 Å². The standard InChI is InChI=1S/C26H25FN2O2/c27-19-11-9-18(10-12-19)13-15-29-16-14-20(17-29)28-26(30)25-21-5-1-3-7-23(21)31-24-8-4-2-6-22(24)25/h1-12,20,25H,13-17H2,(H,28,30). The number of ether oxygens (including phenoxy) is 1. The molecule has 158 valence electrons. The van der Waals surface area contributed by atoms with E-state index in [4.69, 9.17) is 4.74 Å². The molecule has 3 aromatic carbocycles. The van der Waals surface area contributed by atoms with Crippen molar-refractivity contribution in [1.29, 1.82) is 0 Å². The zero-order chi connectivity index (χ0) is 21.2. The number of rotatable bonds is 5. The second kappa shape index (κ2) is 8.52. The third-order valence-electron chi connectivity index (χ3n) is 6.19. The Morgan fingerprint density at radius 3 is 2.29 bits per heavy atom. The van der Waals surface area contributed by atoms with E-state index in [1.165, 1.54) is 12.1 Å². The Morgan fingerprint density at radius 2 is 1.61 bits per heavy atom. The summed E-state index contributed by atoms with van der Waals surface area (Å²) < 4.78 is 19.1. The molecule has 5 heteroatoms. The Hall–Kier alpha value is -3.18. The number of benzene rings is 3. The highest BCUT2D eigenvalue weighted by atomic mass is 19.1. The van der Waals surface area contributed by atoms with Gasteiger partial charge in [-0.2, -0.15) is 0 Å². The smallest absolute Gasteiger partial charge is 0.232 e. The monoisotopic (exact) mass is 416 g/mol. The number of likely N-dealkylation sites (tertiary alicyclic amines) is 1. The first-order valence-corrected chi connectivity index (χ1v) is 10.8. The molecule has 2 heterocycles. The van der Waals surface area contributed by atoms with Gasteiger partial charge in [-0.3, -0.25) is 4.79 Å². The van der Waals surface area contributed by atoms with Crippen LogP contribution in [0.3, 0.4) is 0 Å².